The number of carboxylic acid groups (broad SMARTS) is 1. The second-order valence-corrected chi connectivity index (χ2v) is 7.76. The van der Waals surface area contributed by atoms with Crippen molar-refractivity contribution in [3.63, 3.8) is 0 Å². The minimum absolute atomic E-state index is 0.119. The largest absolute Gasteiger partial charge is 0.478 e. The van der Waals surface area contributed by atoms with Crippen LogP contribution < -0.4 is 15.4 Å². The van der Waals surface area contributed by atoms with Crippen molar-refractivity contribution in [2.24, 2.45) is 0 Å². The lowest BCUT2D eigenvalue weighted by atomic mass is 10.2. The van der Waals surface area contributed by atoms with Gasteiger partial charge in [0.05, 0.1) is 16.1 Å². The molecule has 0 aromatic heterocycles. The molecule has 3 aromatic carbocycles. The summed E-state index contributed by atoms with van der Waals surface area (Å²) in [5.74, 6) is -2.63. The maximum absolute atomic E-state index is 13.5. The third kappa shape index (κ3) is 5.11. The number of para-hydroxylation sites is 1. The number of carbonyl (C=O) groups is 2. The number of rotatable bonds is 6. The number of halogens is 1. The van der Waals surface area contributed by atoms with Gasteiger partial charge in [-0.1, -0.05) is 24.3 Å². The van der Waals surface area contributed by atoms with Crippen molar-refractivity contribution < 1.29 is 27.5 Å². The highest BCUT2D eigenvalue weighted by atomic mass is 32.2. The first-order chi connectivity index (χ1) is 14.2. The molecule has 0 spiro atoms. The predicted molar refractivity (Wildman–Crippen MR) is 110 cm³/mol. The summed E-state index contributed by atoms with van der Waals surface area (Å²) in [6, 6.07) is 16.6. The molecule has 0 aliphatic rings. The molecule has 0 aliphatic carbocycles. The second-order valence-electron chi connectivity index (χ2n) is 6.08. The number of carbonyl (C=O) groups excluding carboxylic acids is 1. The van der Waals surface area contributed by atoms with E-state index in [0.717, 1.165) is 18.2 Å². The molecule has 0 aliphatic heterocycles. The van der Waals surface area contributed by atoms with E-state index in [-0.39, 0.29) is 5.69 Å². The molecule has 0 atom stereocenters. The van der Waals surface area contributed by atoms with Gasteiger partial charge in [-0.25, -0.2) is 22.4 Å². The summed E-state index contributed by atoms with van der Waals surface area (Å²) in [7, 11) is -4.19. The Morgan fingerprint density at radius 1 is 0.800 bits per heavy atom. The van der Waals surface area contributed by atoms with Crippen LogP contribution in [0.5, 0.6) is 0 Å². The maximum atomic E-state index is 13.5. The molecule has 4 N–H and O–H groups in total. The van der Waals surface area contributed by atoms with E-state index in [1.165, 1.54) is 18.2 Å². The van der Waals surface area contributed by atoms with Crippen molar-refractivity contribution in [3.8, 4) is 0 Å². The molecule has 0 saturated heterocycles. The van der Waals surface area contributed by atoms with Crippen LogP contribution in [0.1, 0.15) is 10.4 Å². The Morgan fingerprint density at radius 2 is 1.43 bits per heavy atom. The summed E-state index contributed by atoms with van der Waals surface area (Å²) in [5.41, 5.74) is 0.256. The van der Waals surface area contributed by atoms with E-state index in [9.17, 15) is 22.4 Å². The smallest absolute Gasteiger partial charge is 0.338 e. The molecule has 10 heteroatoms. The van der Waals surface area contributed by atoms with Crippen LogP contribution in [0.4, 0.5) is 26.2 Å². The fraction of sp³-hybridized carbons (Fsp3) is 0. The van der Waals surface area contributed by atoms with Crippen LogP contribution in [0.15, 0.2) is 77.7 Å². The molecule has 0 heterocycles. The first-order valence-corrected chi connectivity index (χ1v) is 10.0. The minimum atomic E-state index is -4.19. The number of nitrogens with one attached hydrogen (secondary N) is 3. The molecule has 3 aromatic rings. The number of carboxylic acids is 1. The number of anilines is 3. The summed E-state index contributed by atoms with van der Waals surface area (Å²) < 4.78 is 40.9. The fourth-order valence-electron chi connectivity index (χ4n) is 2.52. The molecule has 154 valence electrons. The predicted octanol–water partition coefficient (Wildman–Crippen LogP) is 3.97. The van der Waals surface area contributed by atoms with Crippen molar-refractivity contribution in [1.82, 2.24) is 0 Å². The third-order valence-electron chi connectivity index (χ3n) is 3.88. The summed E-state index contributed by atoms with van der Waals surface area (Å²) in [6.07, 6.45) is 0. The third-order valence-corrected chi connectivity index (χ3v) is 5.26. The van der Waals surface area contributed by atoms with Gasteiger partial charge in [0.15, 0.2) is 0 Å². The Balaban J connectivity index is 1.75. The van der Waals surface area contributed by atoms with Crippen molar-refractivity contribution in [3.05, 3.63) is 84.2 Å². The number of sulfonamides is 1. The molecule has 30 heavy (non-hydrogen) atoms. The van der Waals surface area contributed by atoms with E-state index in [1.54, 1.807) is 36.4 Å². The Kier molecular flexibility index (Phi) is 5.98. The van der Waals surface area contributed by atoms with E-state index in [0.29, 0.717) is 11.4 Å². The highest BCUT2D eigenvalue weighted by Gasteiger charge is 2.19. The number of benzene rings is 3. The quantitative estimate of drug-likeness (QED) is 0.472. The van der Waals surface area contributed by atoms with E-state index in [1.807, 2.05) is 0 Å². The summed E-state index contributed by atoms with van der Waals surface area (Å²) in [4.78, 5) is 22.7. The maximum Gasteiger partial charge on any atom is 0.338 e. The van der Waals surface area contributed by atoms with E-state index in [2.05, 4.69) is 15.4 Å². The highest BCUT2D eigenvalue weighted by Crippen LogP contribution is 2.21. The highest BCUT2D eigenvalue weighted by molar-refractivity contribution is 7.92. The van der Waals surface area contributed by atoms with Gasteiger partial charge < -0.3 is 15.7 Å². The Bertz CT molecular complexity index is 1200. The van der Waals surface area contributed by atoms with Crippen molar-refractivity contribution >= 4 is 39.1 Å². The first kappa shape index (κ1) is 20.8. The van der Waals surface area contributed by atoms with Crippen molar-refractivity contribution in [1.29, 1.82) is 0 Å². The number of hydrogen-bond donors (Lipinski definition) is 4. The lowest BCUT2D eigenvalue weighted by molar-refractivity contribution is 0.0691. The summed E-state index contributed by atoms with van der Waals surface area (Å²) >= 11 is 0. The van der Waals surface area contributed by atoms with Crippen molar-refractivity contribution in [2.75, 3.05) is 15.4 Å². The van der Waals surface area contributed by atoms with Gasteiger partial charge in [-0.15, -0.1) is 0 Å². The van der Waals surface area contributed by atoms with Gasteiger partial charge in [-0.05, 0) is 48.5 Å². The zero-order valence-corrected chi connectivity index (χ0v) is 16.1. The molecular weight excluding hydrogens is 413 g/mol. The average molecular weight is 429 g/mol. The number of urea groups is 1. The monoisotopic (exact) mass is 429 g/mol. The van der Waals surface area contributed by atoms with Gasteiger partial charge in [0.25, 0.3) is 10.0 Å². The minimum Gasteiger partial charge on any atom is -0.478 e. The normalized spacial score (nSPS) is 10.8. The van der Waals surface area contributed by atoms with Gasteiger partial charge in [-0.2, -0.15) is 0 Å². The van der Waals surface area contributed by atoms with Gasteiger partial charge in [-0.3, -0.25) is 4.72 Å². The Hall–Kier alpha value is -3.92. The first-order valence-electron chi connectivity index (χ1n) is 8.53. The fourth-order valence-corrected chi connectivity index (χ4v) is 3.60. The Morgan fingerprint density at radius 3 is 2.13 bits per heavy atom. The zero-order chi connectivity index (χ0) is 21.7. The second kappa shape index (κ2) is 8.62. The van der Waals surface area contributed by atoms with Gasteiger partial charge in [0, 0.05) is 11.4 Å². The van der Waals surface area contributed by atoms with Gasteiger partial charge in [0.2, 0.25) is 0 Å². The molecule has 3 rings (SSSR count). The average Bonchev–Trinajstić information content (AvgIpc) is 2.68. The Labute approximate surface area is 171 Å². The lowest BCUT2D eigenvalue weighted by Crippen LogP contribution is -2.19. The topological polar surface area (TPSA) is 125 Å². The van der Waals surface area contributed by atoms with Crippen LogP contribution in [0.3, 0.4) is 0 Å². The summed E-state index contributed by atoms with van der Waals surface area (Å²) in [5, 5.41) is 14.2. The molecule has 0 bridgehead atoms. The van der Waals surface area contributed by atoms with Crippen LogP contribution in [-0.4, -0.2) is 25.5 Å². The zero-order valence-electron chi connectivity index (χ0n) is 15.3. The number of hydrogen-bond acceptors (Lipinski definition) is 4. The van der Waals surface area contributed by atoms with Crippen LogP contribution >= 0.6 is 0 Å². The van der Waals surface area contributed by atoms with Crippen LogP contribution in [-0.2, 0) is 10.0 Å². The SMILES string of the molecule is O=C(Nc1ccccc1)Nc1cccc(NS(=O)(=O)c2ccc(F)c(C(=O)O)c2)c1. The number of amides is 2. The van der Waals surface area contributed by atoms with Crippen LogP contribution in [0, 0.1) is 5.82 Å². The molecule has 0 saturated carbocycles. The van der Waals surface area contributed by atoms with E-state index >= 15 is 0 Å². The standard InChI is InChI=1S/C20H16FN3O5S/c21-18-10-9-16(12-17(18)19(25)26)30(28,29)24-15-8-4-7-14(11-15)23-20(27)22-13-5-2-1-3-6-13/h1-12,24H,(H,25,26)(H2,22,23,27). The van der Waals surface area contributed by atoms with E-state index in [4.69, 9.17) is 5.11 Å². The molecule has 0 fully saturated rings. The molecule has 8 nitrogen and oxygen atoms in total. The summed E-state index contributed by atoms with van der Waals surface area (Å²) in [6.45, 7) is 0. The molecule has 0 radical (unpaired) electrons. The van der Waals surface area contributed by atoms with Gasteiger partial charge >= 0.3 is 12.0 Å². The van der Waals surface area contributed by atoms with Gasteiger partial charge in [0.1, 0.15) is 5.82 Å². The van der Waals surface area contributed by atoms with Crippen LogP contribution in [0.2, 0.25) is 0 Å². The molecule has 0 unspecified atom stereocenters. The van der Waals surface area contributed by atoms with Crippen LogP contribution in [0.25, 0.3) is 0 Å². The molecular formula is C20H16FN3O5S. The lowest BCUT2D eigenvalue weighted by Gasteiger charge is -2.11. The number of aromatic carboxylic acids is 1. The molecule has 2 amide bonds. The van der Waals surface area contributed by atoms with E-state index < -0.39 is 38.3 Å². The van der Waals surface area contributed by atoms with Crippen molar-refractivity contribution in [2.45, 2.75) is 4.90 Å².